The van der Waals surface area contributed by atoms with E-state index in [4.69, 9.17) is 12.2 Å². The maximum Gasteiger partial charge on any atom is 0.258 e. The van der Waals surface area contributed by atoms with Gasteiger partial charge in [0, 0.05) is 16.8 Å². The highest BCUT2D eigenvalue weighted by Gasteiger charge is 2.14. The SMILES string of the molecule is Cc1cc(-c2nn3c(C)nnc3s2)ccc1NC(=S)NC(=O)c1cccc2ccccc12. The summed E-state index contributed by atoms with van der Waals surface area (Å²) in [7, 11) is 0. The highest BCUT2D eigenvalue weighted by atomic mass is 32.1. The highest BCUT2D eigenvalue weighted by Crippen LogP contribution is 2.28. The van der Waals surface area contributed by atoms with Gasteiger partial charge in [0.2, 0.25) is 4.96 Å². The van der Waals surface area contributed by atoms with Gasteiger partial charge in [-0.2, -0.15) is 9.61 Å². The minimum absolute atomic E-state index is 0.244. The van der Waals surface area contributed by atoms with Crippen LogP contribution in [0.1, 0.15) is 21.7 Å². The summed E-state index contributed by atoms with van der Waals surface area (Å²) in [5.74, 6) is 0.508. The number of rotatable bonds is 3. The Morgan fingerprint density at radius 2 is 1.84 bits per heavy atom. The fourth-order valence-electron chi connectivity index (χ4n) is 3.52. The molecule has 0 aliphatic carbocycles. The molecule has 5 aromatic rings. The van der Waals surface area contributed by atoms with Gasteiger partial charge in [0.1, 0.15) is 5.01 Å². The molecule has 1 amide bonds. The Hall–Kier alpha value is -3.69. The van der Waals surface area contributed by atoms with Gasteiger partial charge in [0.15, 0.2) is 10.9 Å². The average molecular weight is 459 g/mol. The largest absolute Gasteiger partial charge is 0.332 e. The lowest BCUT2D eigenvalue weighted by atomic mass is 10.0. The third kappa shape index (κ3) is 3.72. The van der Waals surface area contributed by atoms with Crippen molar-refractivity contribution in [3.63, 3.8) is 0 Å². The molecular weight excluding hydrogens is 440 g/mol. The van der Waals surface area contributed by atoms with Crippen molar-refractivity contribution in [1.82, 2.24) is 25.1 Å². The summed E-state index contributed by atoms with van der Waals surface area (Å²) in [6.07, 6.45) is 0. The van der Waals surface area contributed by atoms with Gasteiger partial charge in [-0.3, -0.25) is 10.1 Å². The van der Waals surface area contributed by atoms with Crippen LogP contribution in [0.5, 0.6) is 0 Å². The predicted molar refractivity (Wildman–Crippen MR) is 131 cm³/mol. The first kappa shape index (κ1) is 20.2. The van der Waals surface area contributed by atoms with Crippen LogP contribution in [-0.2, 0) is 0 Å². The van der Waals surface area contributed by atoms with Gasteiger partial charge in [-0.05, 0) is 66.7 Å². The standard InChI is InChI=1S/C23H18N6OS2/c1-13-12-16(21-28-29-14(2)26-27-23(29)32-21)10-11-19(13)24-22(31)25-20(30)18-9-5-7-15-6-3-4-8-17(15)18/h3-12H,1-2H3,(H2,24,25,30,31). The Labute approximate surface area is 193 Å². The van der Waals surface area contributed by atoms with Crippen LogP contribution in [0.2, 0.25) is 0 Å². The molecule has 9 heteroatoms. The summed E-state index contributed by atoms with van der Waals surface area (Å²) >= 11 is 6.88. The van der Waals surface area contributed by atoms with Crippen LogP contribution < -0.4 is 10.6 Å². The van der Waals surface area contributed by atoms with E-state index in [9.17, 15) is 4.79 Å². The maximum atomic E-state index is 12.8. The number of fused-ring (bicyclic) bond motifs is 2. The summed E-state index contributed by atoms with van der Waals surface area (Å²) in [5.41, 5.74) is 3.36. The number of benzene rings is 3. The van der Waals surface area contributed by atoms with Crippen molar-refractivity contribution in [2.75, 3.05) is 5.32 Å². The molecule has 0 bridgehead atoms. The zero-order valence-electron chi connectivity index (χ0n) is 17.3. The molecule has 2 aromatic heterocycles. The maximum absolute atomic E-state index is 12.8. The van der Waals surface area contributed by atoms with E-state index in [1.165, 1.54) is 11.3 Å². The number of thiocarbonyl (C=S) groups is 1. The quantitative estimate of drug-likeness (QED) is 0.380. The van der Waals surface area contributed by atoms with Gasteiger partial charge in [-0.15, -0.1) is 10.2 Å². The summed E-state index contributed by atoms with van der Waals surface area (Å²) in [5, 5.41) is 21.6. The number of aromatic nitrogens is 4. The number of carbonyl (C=O) groups excluding carboxylic acids is 1. The summed E-state index contributed by atoms with van der Waals surface area (Å²) in [6, 6.07) is 19.3. The van der Waals surface area contributed by atoms with Crippen LogP contribution in [-0.4, -0.2) is 30.8 Å². The van der Waals surface area contributed by atoms with E-state index in [-0.39, 0.29) is 11.0 Å². The fourth-order valence-corrected chi connectivity index (χ4v) is 4.60. The molecule has 3 aromatic carbocycles. The Morgan fingerprint density at radius 3 is 2.66 bits per heavy atom. The van der Waals surface area contributed by atoms with Crippen molar-refractivity contribution >= 4 is 56.0 Å². The molecule has 0 spiro atoms. The third-order valence-corrected chi connectivity index (χ3v) is 6.28. The van der Waals surface area contributed by atoms with Crippen LogP contribution in [0.15, 0.2) is 60.7 Å². The van der Waals surface area contributed by atoms with Crippen molar-refractivity contribution in [3.05, 3.63) is 77.6 Å². The van der Waals surface area contributed by atoms with Gasteiger partial charge in [0.05, 0.1) is 0 Å². The summed E-state index contributed by atoms with van der Waals surface area (Å²) < 4.78 is 1.74. The second-order valence-corrected chi connectivity index (χ2v) is 8.68. The Kier molecular flexibility index (Phi) is 5.12. The first-order chi connectivity index (χ1) is 15.5. The zero-order valence-corrected chi connectivity index (χ0v) is 18.9. The van der Waals surface area contributed by atoms with Gasteiger partial charge >= 0.3 is 0 Å². The number of carbonyl (C=O) groups is 1. The second kappa shape index (κ2) is 8.10. The molecule has 2 heterocycles. The molecule has 32 heavy (non-hydrogen) atoms. The molecule has 0 saturated heterocycles. The van der Waals surface area contributed by atoms with Gasteiger partial charge in [0.25, 0.3) is 5.91 Å². The molecule has 0 saturated carbocycles. The fraction of sp³-hybridized carbons (Fsp3) is 0.0870. The van der Waals surface area contributed by atoms with E-state index in [0.717, 1.165) is 43.4 Å². The molecule has 2 N–H and O–H groups in total. The van der Waals surface area contributed by atoms with E-state index in [1.54, 1.807) is 10.6 Å². The molecule has 0 unspecified atom stereocenters. The van der Waals surface area contributed by atoms with Crippen molar-refractivity contribution in [2.24, 2.45) is 0 Å². The van der Waals surface area contributed by atoms with E-state index >= 15 is 0 Å². The number of nitrogens with one attached hydrogen (secondary N) is 2. The van der Waals surface area contributed by atoms with Crippen molar-refractivity contribution in [3.8, 4) is 10.6 Å². The number of nitrogens with zero attached hydrogens (tertiary/aromatic N) is 4. The third-order valence-electron chi connectivity index (χ3n) is 5.13. The lowest BCUT2D eigenvalue weighted by molar-refractivity contribution is 0.0979. The number of aryl methyl sites for hydroxylation is 2. The molecule has 5 rings (SSSR count). The zero-order chi connectivity index (χ0) is 22.2. The van der Waals surface area contributed by atoms with E-state index in [0.29, 0.717) is 5.56 Å². The van der Waals surface area contributed by atoms with Crippen LogP contribution in [0, 0.1) is 13.8 Å². The van der Waals surface area contributed by atoms with Gasteiger partial charge in [-0.25, -0.2) is 0 Å². The Balaban J connectivity index is 1.32. The van der Waals surface area contributed by atoms with E-state index in [1.807, 2.05) is 68.4 Å². The van der Waals surface area contributed by atoms with Crippen LogP contribution in [0.4, 0.5) is 5.69 Å². The number of hydrogen-bond donors (Lipinski definition) is 2. The topological polar surface area (TPSA) is 84.2 Å². The minimum Gasteiger partial charge on any atom is -0.332 e. The molecule has 158 valence electrons. The molecule has 0 fully saturated rings. The molecule has 0 aliphatic heterocycles. The monoisotopic (exact) mass is 458 g/mol. The number of anilines is 1. The van der Waals surface area contributed by atoms with Crippen molar-refractivity contribution in [2.45, 2.75) is 13.8 Å². The van der Waals surface area contributed by atoms with E-state index < -0.39 is 0 Å². The predicted octanol–water partition coefficient (Wildman–Crippen LogP) is 4.75. The molecular formula is C23H18N6OS2. The normalized spacial score (nSPS) is 11.1. The molecule has 0 radical (unpaired) electrons. The van der Waals surface area contributed by atoms with Crippen LogP contribution in [0.3, 0.4) is 0 Å². The van der Waals surface area contributed by atoms with Crippen LogP contribution in [0.25, 0.3) is 26.3 Å². The lowest BCUT2D eigenvalue weighted by Gasteiger charge is -2.13. The van der Waals surface area contributed by atoms with Crippen molar-refractivity contribution < 1.29 is 4.79 Å². The Bertz CT molecular complexity index is 1500. The average Bonchev–Trinajstić information content (AvgIpc) is 3.36. The number of amides is 1. The molecule has 0 aliphatic rings. The summed E-state index contributed by atoms with van der Waals surface area (Å²) in [4.78, 5) is 13.6. The first-order valence-electron chi connectivity index (χ1n) is 9.89. The first-order valence-corrected chi connectivity index (χ1v) is 11.1. The smallest absolute Gasteiger partial charge is 0.258 e. The minimum atomic E-state index is -0.247. The summed E-state index contributed by atoms with van der Waals surface area (Å²) in [6.45, 7) is 3.85. The lowest BCUT2D eigenvalue weighted by Crippen LogP contribution is -2.34. The second-order valence-electron chi connectivity index (χ2n) is 7.31. The van der Waals surface area contributed by atoms with Crippen molar-refractivity contribution in [1.29, 1.82) is 0 Å². The number of hydrogen-bond acceptors (Lipinski definition) is 6. The van der Waals surface area contributed by atoms with Gasteiger partial charge in [-0.1, -0.05) is 47.7 Å². The van der Waals surface area contributed by atoms with Crippen LogP contribution >= 0.6 is 23.6 Å². The Morgan fingerprint density at radius 1 is 1.03 bits per heavy atom. The van der Waals surface area contributed by atoms with E-state index in [2.05, 4.69) is 25.9 Å². The molecule has 7 nitrogen and oxygen atoms in total. The highest BCUT2D eigenvalue weighted by molar-refractivity contribution is 7.80. The van der Waals surface area contributed by atoms with Gasteiger partial charge < -0.3 is 5.32 Å². The molecule has 0 atom stereocenters.